The van der Waals surface area contributed by atoms with Crippen LogP contribution in [0.1, 0.15) is 71.8 Å². The van der Waals surface area contributed by atoms with E-state index >= 15 is 0 Å². The van der Waals surface area contributed by atoms with Crippen molar-refractivity contribution in [2.24, 2.45) is 5.92 Å². The van der Waals surface area contributed by atoms with Gasteiger partial charge in [-0.3, -0.25) is 9.59 Å². The van der Waals surface area contributed by atoms with Gasteiger partial charge >= 0.3 is 0 Å². The van der Waals surface area contributed by atoms with Crippen LogP contribution in [0.3, 0.4) is 0 Å². The Bertz CT molecular complexity index is 891. The van der Waals surface area contributed by atoms with E-state index in [-0.39, 0.29) is 23.5 Å². The Kier molecular flexibility index (Phi) is 5.69. The number of hydrogen-bond donors (Lipinski definition) is 1. The summed E-state index contributed by atoms with van der Waals surface area (Å²) in [6, 6.07) is 7.56. The number of carbonyl (C=O) groups excluding carboxylic acids is 2. The molecule has 0 atom stereocenters. The normalized spacial score (nSPS) is 18.2. The standard InChI is InChI=1S/C23H29N3O3/c1-15-7-8-19(13-16(15)2)24-22(27)21-14-20(25-29-21)17-9-11-26(12-10-17)23(28)18-5-3-4-6-18/h7-8,13-14,17-18H,3-6,9-12H2,1-2H3,(H,24,27). The number of amides is 2. The van der Waals surface area contributed by atoms with Crippen LogP contribution in [0.25, 0.3) is 0 Å². The highest BCUT2D eigenvalue weighted by atomic mass is 16.5. The zero-order valence-electron chi connectivity index (χ0n) is 17.2. The van der Waals surface area contributed by atoms with Gasteiger partial charge in [0.05, 0.1) is 5.69 Å². The van der Waals surface area contributed by atoms with E-state index in [0.29, 0.717) is 5.91 Å². The lowest BCUT2D eigenvalue weighted by Gasteiger charge is -2.32. The summed E-state index contributed by atoms with van der Waals surface area (Å²) >= 11 is 0. The van der Waals surface area contributed by atoms with Gasteiger partial charge in [-0.1, -0.05) is 24.1 Å². The number of rotatable bonds is 4. The van der Waals surface area contributed by atoms with Crippen LogP contribution >= 0.6 is 0 Å². The van der Waals surface area contributed by atoms with Crippen LogP contribution < -0.4 is 5.32 Å². The van der Waals surface area contributed by atoms with Crippen LogP contribution in [0.15, 0.2) is 28.8 Å². The summed E-state index contributed by atoms with van der Waals surface area (Å²) in [4.78, 5) is 27.1. The van der Waals surface area contributed by atoms with Crippen molar-refractivity contribution in [2.45, 2.75) is 58.3 Å². The summed E-state index contributed by atoms with van der Waals surface area (Å²) in [5, 5.41) is 7.01. The van der Waals surface area contributed by atoms with Crippen molar-refractivity contribution in [3.8, 4) is 0 Å². The van der Waals surface area contributed by atoms with Crippen molar-refractivity contribution in [3.63, 3.8) is 0 Å². The molecule has 1 saturated carbocycles. The van der Waals surface area contributed by atoms with Crippen LogP contribution in [0.4, 0.5) is 5.69 Å². The molecule has 6 nitrogen and oxygen atoms in total. The van der Waals surface area contributed by atoms with Crippen LogP contribution in [-0.2, 0) is 4.79 Å². The van der Waals surface area contributed by atoms with Crippen molar-refractivity contribution in [2.75, 3.05) is 18.4 Å². The van der Waals surface area contributed by atoms with Gasteiger partial charge in [0.25, 0.3) is 5.91 Å². The van der Waals surface area contributed by atoms with Gasteiger partial charge in [0.15, 0.2) is 0 Å². The number of likely N-dealkylation sites (tertiary alicyclic amines) is 1. The number of nitrogens with zero attached hydrogens (tertiary/aromatic N) is 2. The molecule has 6 heteroatoms. The summed E-state index contributed by atoms with van der Waals surface area (Å²) in [6.45, 7) is 5.58. The number of aryl methyl sites for hydroxylation is 2. The van der Waals surface area contributed by atoms with Gasteiger partial charge in [-0.05, 0) is 62.8 Å². The van der Waals surface area contributed by atoms with E-state index in [4.69, 9.17) is 4.52 Å². The molecule has 0 unspecified atom stereocenters. The highest BCUT2D eigenvalue weighted by molar-refractivity contribution is 6.02. The summed E-state index contributed by atoms with van der Waals surface area (Å²) < 4.78 is 5.32. The van der Waals surface area contributed by atoms with Crippen molar-refractivity contribution in [1.29, 1.82) is 0 Å². The third-order valence-electron chi connectivity index (χ3n) is 6.45. The molecule has 0 spiro atoms. The maximum absolute atomic E-state index is 12.6. The molecule has 2 fully saturated rings. The molecule has 4 rings (SSSR count). The van der Waals surface area contributed by atoms with E-state index in [2.05, 4.69) is 10.5 Å². The van der Waals surface area contributed by atoms with E-state index < -0.39 is 0 Å². The molecule has 0 bridgehead atoms. The predicted octanol–water partition coefficient (Wildman–Crippen LogP) is 4.44. The molecule has 1 aromatic carbocycles. The van der Waals surface area contributed by atoms with Gasteiger partial charge in [-0.15, -0.1) is 0 Å². The number of piperidine rings is 1. The zero-order chi connectivity index (χ0) is 20.4. The summed E-state index contributed by atoms with van der Waals surface area (Å²) in [5.74, 6) is 0.729. The Balaban J connectivity index is 1.33. The lowest BCUT2D eigenvalue weighted by molar-refractivity contribution is -0.136. The molecule has 154 valence electrons. The molecule has 2 aromatic rings. The lowest BCUT2D eigenvalue weighted by Crippen LogP contribution is -2.40. The van der Waals surface area contributed by atoms with Gasteiger partial charge in [-0.2, -0.15) is 0 Å². The average Bonchev–Trinajstić information content (AvgIpc) is 3.43. The largest absolute Gasteiger partial charge is 0.351 e. The summed E-state index contributed by atoms with van der Waals surface area (Å²) in [7, 11) is 0. The van der Waals surface area contributed by atoms with Crippen molar-refractivity contribution < 1.29 is 14.1 Å². The molecular weight excluding hydrogens is 366 g/mol. The first-order valence-corrected chi connectivity index (χ1v) is 10.7. The molecule has 1 N–H and O–H groups in total. The topological polar surface area (TPSA) is 75.4 Å². The van der Waals surface area contributed by atoms with Crippen LogP contribution in [0.5, 0.6) is 0 Å². The van der Waals surface area contributed by atoms with Gasteiger partial charge in [0.2, 0.25) is 11.7 Å². The third-order valence-corrected chi connectivity index (χ3v) is 6.45. The first-order chi connectivity index (χ1) is 14.0. The molecule has 29 heavy (non-hydrogen) atoms. The van der Waals surface area contributed by atoms with Gasteiger partial charge in [0, 0.05) is 36.7 Å². The smallest absolute Gasteiger partial charge is 0.294 e. The minimum absolute atomic E-state index is 0.225. The Hall–Kier alpha value is -2.63. The van der Waals surface area contributed by atoms with Gasteiger partial charge in [0.1, 0.15) is 0 Å². The van der Waals surface area contributed by atoms with Crippen LogP contribution in [-0.4, -0.2) is 35.0 Å². The summed E-state index contributed by atoms with van der Waals surface area (Å²) in [6.07, 6.45) is 6.17. The van der Waals surface area contributed by atoms with Crippen LogP contribution in [0.2, 0.25) is 0 Å². The van der Waals surface area contributed by atoms with Crippen molar-refractivity contribution in [3.05, 3.63) is 46.8 Å². The Morgan fingerprint density at radius 3 is 2.45 bits per heavy atom. The molecule has 1 saturated heterocycles. The molecule has 2 aliphatic rings. The lowest BCUT2D eigenvalue weighted by atomic mass is 9.92. The van der Waals surface area contributed by atoms with Crippen LogP contribution in [0, 0.1) is 19.8 Å². The highest BCUT2D eigenvalue weighted by Crippen LogP contribution is 2.31. The van der Waals surface area contributed by atoms with E-state index in [0.717, 1.165) is 55.7 Å². The monoisotopic (exact) mass is 395 g/mol. The minimum atomic E-state index is -0.291. The molecule has 1 aliphatic heterocycles. The number of anilines is 1. The Morgan fingerprint density at radius 2 is 1.76 bits per heavy atom. The fourth-order valence-corrected chi connectivity index (χ4v) is 4.43. The van der Waals surface area contributed by atoms with E-state index in [9.17, 15) is 9.59 Å². The molecular formula is C23H29N3O3. The second kappa shape index (κ2) is 8.39. The van der Waals surface area contributed by atoms with Crippen molar-refractivity contribution >= 4 is 17.5 Å². The van der Waals surface area contributed by atoms with Crippen molar-refractivity contribution in [1.82, 2.24) is 10.1 Å². The maximum atomic E-state index is 12.6. The number of benzene rings is 1. The average molecular weight is 396 g/mol. The van der Waals surface area contributed by atoms with Gasteiger partial charge < -0.3 is 14.7 Å². The molecule has 2 amide bonds. The minimum Gasteiger partial charge on any atom is -0.351 e. The Morgan fingerprint density at radius 1 is 1.03 bits per heavy atom. The quantitative estimate of drug-likeness (QED) is 0.830. The maximum Gasteiger partial charge on any atom is 0.294 e. The van der Waals surface area contributed by atoms with Gasteiger partial charge in [-0.25, -0.2) is 0 Å². The molecule has 0 radical (unpaired) electrons. The fourth-order valence-electron chi connectivity index (χ4n) is 4.43. The molecule has 2 heterocycles. The molecule has 1 aromatic heterocycles. The van der Waals surface area contributed by atoms with E-state index in [1.165, 1.54) is 18.4 Å². The number of aromatic nitrogens is 1. The highest BCUT2D eigenvalue weighted by Gasteiger charge is 2.31. The third kappa shape index (κ3) is 4.36. The number of hydrogen-bond acceptors (Lipinski definition) is 4. The summed E-state index contributed by atoms with van der Waals surface area (Å²) in [5.41, 5.74) is 3.86. The first kappa shape index (κ1) is 19.7. The predicted molar refractivity (Wildman–Crippen MR) is 111 cm³/mol. The van der Waals surface area contributed by atoms with E-state index in [1.54, 1.807) is 6.07 Å². The van der Waals surface area contributed by atoms with E-state index in [1.807, 2.05) is 36.9 Å². The number of nitrogens with one attached hydrogen (secondary N) is 1. The second-order valence-corrected chi connectivity index (χ2v) is 8.45. The first-order valence-electron chi connectivity index (χ1n) is 10.7. The SMILES string of the molecule is Cc1ccc(NC(=O)c2cc(C3CCN(C(=O)C4CCCC4)CC3)no2)cc1C. The zero-order valence-corrected chi connectivity index (χ0v) is 17.2. The fraction of sp³-hybridized carbons (Fsp3) is 0.522. The molecule has 1 aliphatic carbocycles. The second-order valence-electron chi connectivity index (χ2n) is 8.45. The number of carbonyl (C=O) groups is 2. The Labute approximate surface area is 171 Å².